The fourth-order valence-electron chi connectivity index (χ4n) is 1.42. The Bertz CT molecular complexity index is 547. The monoisotopic (exact) mass is 198 g/mol. The van der Waals surface area contributed by atoms with Gasteiger partial charge < -0.3 is 9.84 Å². The Hall–Kier alpha value is -2.14. The van der Waals surface area contributed by atoms with E-state index in [0.717, 1.165) is 10.8 Å². The maximum absolute atomic E-state index is 9.57. The first-order valence-electron chi connectivity index (χ1n) is 4.61. The van der Waals surface area contributed by atoms with E-state index in [1.165, 1.54) is 0 Å². The zero-order valence-corrected chi connectivity index (χ0v) is 8.32. The molecule has 0 amide bonds. The smallest absolute Gasteiger partial charge is 0.140 e. The van der Waals surface area contributed by atoms with E-state index in [4.69, 9.17) is 4.74 Å². The molecule has 0 saturated carbocycles. The average molecular weight is 198 g/mol. The molecule has 0 atom stereocenters. The lowest BCUT2D eigenvalue weighted by Gasteiger charge is -2.02. The second kappa shape index (κ2) is 3.93. The Labute approximate surface area is 88.1 Å². The quantitative estimate of drug-likeness (QED) is 0.714. The van der Waals surface area contributed by atoms with Gasteiger partial charge in [0.25, 0.3) is 0 Å². The van der Waals surface area contributed by atoms with Gasteiger partial charge in [0.1, 0.15) is 17.6 Å². The third-order valence-electron chi connectivity index (χ3n) is 2.10. The first-order valence-corrected chi connectivity index (χ1v) is 4.61. The molecule has 0 spiro atoms. The molecule has 0 fully saturated rings. The molecule has 2 rings (SSSR count). The van der Waals surface area contributed by atoms with Gasteiger partial charge in [-0.1, -0.05) is 18.1 Å². The summed E-state index contributed by atoms with van der Waals surface area (Å²) in [5.74, 6) is 3.62. The third-order valence-corrected chi connectivity index (χ3v) is 2.10. The summed E-state index contributed by atoms with van der Waals surface area (Å²) < 4.78 is 5.16. The van der Waals surface area contributed by atoms with E-state index in [0.29, 0.717) is 5.75 Å². The molecule has 2 aromatic carbocycles. The molecule has 0 heterocycles. The first-order chi connectivity index (χ1) is 7.31. The minimum absolute atomic E-state index is 0.278. The second-order valence-electron chi connectivity index (χ2n) is 3.11. The lowest BCUT2D eigenvalue weighted by atomic mass is 10.1. The van der Waals surface area contributed by atoms with Crippen LogP contribution in [0.3, 0.4) is 0 Å². The number of benzene rings is 2. The van der Waals surface area contributed by atoms with Crippen LogP contribution in [0.5, 0.6) is 11.5 Å². The summed E-state index contributed by atoms with van der Waals surface area (Å²) in [5, 5.41) is 11.3. The molecule has 0 radical (unpaired) electrons. The molecule has 1 N–H and O–H groups in total. The number of phenols is 1. The highest BCUT2D eigenvalue weighted by atomic mass is 16.5. The van der Waals surface area contributed by atoms with Crippen molar-refractivity contribution in [1.82, 2.24) is 0 Å². The van der Waals surface area contributed by atoms with Gasteiger partial charge in [-0.2, -0.15) is 0 Å². The van der Waals surface area contributed by atoms with E-state index in [-0.39, 0.29) is 5.75 Å². The summed E-state index contributed by atoms with van der Waals surface area (Å²) in [7, 11) is 0. The van der Waals surface area contributed by atoms with Crippen molar-refractivity contribution < 1.29 is 9.84 Å². The van der Waals surface area contributed by atoms with E-state index in [2.05, 4.69) is 12.0 Å². The standard InChI is InChI=1S/C13H10O2/c1-2-8-15-11-6-7-12-10(9-11)4-3-5-13(12)14/h3-7,9,14H,1H3. The number of ether oxygens (including phenoxy) is 1. The second-order valence-corrected chi connectivity index (χ2v) is 3.11. The fourth-order valence-corrected chi connectivity index (χ4v) is 1.42. The molecular formula is C13H10O2. The lowest BCUT2D eigenvalue weighted by molar-refractivity contribution is 0.481. The average Bonchev–Trinajstić information content (AvgIpc) is 2.26. The highest BCUT2D eigenvalue weighted by molar-refractivity contribution is 5.89. The highest BCUT2D eigenvalue weighted by Gasteiger charge is 2.00. The van der Waals surface area contributed by atoms with Crippen molar-refractivity contribution in [3.05, 3.63) is 36.4 Å². The van der Waals surface area contributed by atoms with Crippen LogP contribution in [0.25, 0.3) is 10.8 Å². The molecule has 0 saturated heterocycles. The van der Waals surface area contributed by atoms with Gasteiger partial charge in [0.15, 0.2) is 0 Å². The molecular weight excluding hydrogens is 188 g/mol. The van der Waals surface area contributed by atoms with Crippen LogP contribution < -0.4 is 4.74 Å². The summed E-state index contributed by atoms with van der Waals surface area (Å²) in [6, 6.07) is 10.8. The Morgan fingerprint density at radius 1 is 1.20 bits per heavy atom. The molecule has 2 heteroatoms. The summed E-state index contributed by atoms with van der Waals surface area (Å²) >= 11 is 0. The van der Waals surface area contributed by atoms with Crippen LogP contribution in [0, 0.1) is 12.0 Å². The number of rotatable bonds is 1. The predicted octanol–water partition coefficient (Wildman–Crippen LogP) is 2.91. The molecule has 0 aromatic heterocycles. The van der Waals surface area contributed by atoms with E-state index in [9.17, 15) is 5.11 Å². The van der Waals surface area contributed by atoms with Crippen molar-refractivity contribution in [3.8, 4) is 23.5 Å². The minimum Gasteiger partial charge on any atom is -0.507 e. The van der Waals surface area contributed by atoms with Gasteiger partial charge in [0.2, 0.25) is 0 Å². The Morgan fingerprint density at radius 2 is 2.07 bits per heavy atom. The molecule has 0 aliphatic heterocycles. The summed E-state index contributed by atoms with van der Waals surface area (Å²) in [6.07, 6.45) is 2.53. The van der Waals surface area contributed by atoms with Crippen LogP contribution >= 0.6 is 0 Å². The highest BCUT2D eigenvalue weighted by Crippen LogP contribution is 2.27. The molecule has 0 unspecified atom stereocenters. The SMILES string of the molecule is CC#COc1ccc2c(O)cccc2c1. The van der Waals surface area contributed by atoms with Crippen LogP contribution in [0.2, 0.25) is 0 Å². The summed E-state index contributed by atoms with van der Waals surface area (Å²) in [5.41, 5.74) is 0. The zero-order valence-electron chi connectivity index (χ0n) is 8.32. The van der Waals surface area contributed by atoms with Crippen molar-refractivity contribution in [2.24, 2.45) is 0 Å². The number of phenolic OH excluding ortho intramolecular Hbond substituents is 1. The third kappa shape index (κ3) is 1.87. The number of hydrogen-bond donors (Lipinski definition) is 1. The van der Waals surface area contributed by atoms with Crippen molar-refractivity contribution in [1.29, 1.82) is 0 Å². The van der Waals surface area contributed by atoms with Gasteiger partial charge >= 0.3 is 0 Å². The number of hydrogen-bond acceptors (Lipinski definition) is 2. The summed E-state index contributed by atoms with van der Waals surface area (Å²) in [4.78, 5) is 0. The minimum atomic E-state index is 0.278. The molecule has 0 aliphatic carbocycles. The molecule has 0 aliphatic rings. The molecule has 0 bridgehead atoms. The van der Waals surface area contributed by atoms with Crippen molar-refractivity contribution in [2.45, 2.75) is 6.92 Å². The molecule has 2 aromatic rings. The van der Waals surface area contributed by atoms with Gasteiger partial charge in [-0.05, 0) is 29.7 Å². The van der Waals surface area contributed by atoms with E-state index < -0.39 is 0 Å². The van der Waals surface area contributed by atoms with E-state index in [1.54, 1.807) is 25.1 Å². The zero-order chi connectivity index (χ0) is 10.7. The van der Waals surface area contributed by atoms with Crippen molar-refractivity contribution >= 4 is 10.8 Å². The molecule has 74 valence electrons. The van der Waals surface area contributed by atoms with Crippen LogP contribution in [0.1, 0.15) is 6.92 Å². The largest absolute Gasteiger partial charge is 0.507 e. The van der Waals surface area contributed by atoms with Gasteiger partial charge in [-0.15, -0.1) is 0 Å². The van der Waals surface area contributed by atoms with Crippen LogP contribution in [-0.2, 0) is 0 Å². The number of fused-ring (bicyclic) bond motifs is 1. The lowest BCUT2D eigenvalue weighted by Crippen LogP contribution is -1.82. The van der Waals surface area contributed by atoms with E-state index in [1.807, 2.05) is 18.2 Å². The Morgan fingerprint density at radius 3 is 2.87 bits per heavy atom. The summed E-state index contributed by atoms with van der Waals surface area (Å²) in [6.45, 7) is 1.72. The maximum Gasteiger partial charge on any atom is 0.140 e. The van der Waals surface area contributed by atoms with Gasteiger partial charge in [-0.3, -0.25) is 0 Å². The normalized spacial score (nSPS) is 9.40. The maximum atomic E-state index is 9.57. The predicted molar refractivity (Wildman–Crippen MR) is 59.7 cm³/mol. The topological polar surface area (TPSA) is 29.5 Å². The Kier molecular flexibility index (Phi) is 2.47. The van der Waals surface area contributed by atoms with Crippen molar-refractivity contribution in [3.63, 3.8) is 0 Å². The Balaban J connectivity index is 2.50. The fraction of sp³-hybridized carbons (Fsp3) is 0.0769. The van der Waals surface area contributed by atoms with Crippen LogP contribution in [0.4, 0.5) is 0 Å². The first kappa shape index (κ1) is 9.42. The molecule has 15 heavy (non-hydrogen) atoms. The van der Waals surface area contributed by atoms with Gasteiger partial charge in [-0.25, -0.2) is 0 Å². The van der Waals surface area contributed by atoms with Crippen LogP contribution in [-0.4, -0.2) is 5.11 Å². The van der Waals surface area contributed by atoms with E-state index >= 15 is 0 Å². The van der Waals surface area contributed by atoms with Crippen molar-refractivity contribution in [2.75, 3.05) is 0 Å². The van der Waals surface area contributed by atoms with Crippen LogP contribution in [0.15, 0.2) is 36.4 Å². The number of aromatic hydroxyl groups is 1. The van der Waals surface area contributed by atoms with Gasteiger partial charge in [0, 0.05) is 12.3 Å². The van der Waals surface area contributed by atoms with Gasteiger partial charge in [0.05, 0.1) is 0 Å². The molecule has 2 nitrogen and oxygen atoms in total.